The van der Waals surface area contributed by atoms with Crippen LogP contribution in [0.5, 0.6) is 0 Å². The van der Waals surface area contributed by atoms with Gasteiger partial charge in [-0.15, -0.1) is 0 Å². The Morgan fingerprint density at radius 1 is 0.953 bits per heavy atom. The number of H-pyrrole nitrogens is 2. The molecule has 5 heterocycles. The predicted molar refractivity (Wildman–Crippen MR) is 179 cm³/mol. The van der Waals surface area contributed by atoms with Gasteiger partial charge < -0.3 is 4.98 Å². The molecule has 0 aliphatic carbocycles. The zero-order valence-electron chi connectivity index (χ0n) is 24.2. The van der Waals surface area contributed by atoms with E-state index in [4.69, 9.17) is 4.98 Å². The highest BCUT2D eigenvalue weighted by Gasteiger charge is 2.17. The third-order valence-electron chi connectivity index (χ3n) is 7.92. The highest BCUT2D eigenvalue weighted by atomic mass is 32.2. The first-order valence-corrected chi connectivity index (χ1v) is 16.8. The molecule has 1 fully saturated rings. The van der Waals surface area contributed by atoms with E-state index in [0.717, 1.165) is 80.9 Å². The van der Waals surface area contributed by atoms with Gasteiger partial charge in [0, 0.05) is 41.9 Å². The van der Waals surface area contributed by atoms with Gasteiger partial charge in [0.25, 0.3) is 0 Å². The quantitative estimate of drug-likeness (QED) is 0.168. The lowest BCUT2D eigenvalue weighted by molar-refractivity contribution is 0.331. The molecular weight excluding hydrogens is 557 g/mol. The molecule has 4 aromatic heterocycles. The SMILES string of the molecule is C=S(=C)(C)NCc1cc(F)cc(-c2cccc3[nH]c(-c4n[nH]c5ccc(-c6cncc(CN7CCCC7)c6)nc45)cc23)c1. The van der Waals surface area contributed by atoms with Crippen LogP contribution in [0.2, 0.25) is 0 Å². The summed E-state index contributed by atoms with van der Waals surface area (Å²) in [6.45, 7) is 3.70. The van der Waals surface area contributed by atoms with Gasteiger partial charge in [0.2, 0.25) is 0 Å². The number of benzene rings is 2. The minimum atomic E-state index is -1.41. The van der Waals surface area contributed by atoms with E-state index < -0.39 is 9.39 Å². The maximum absolute atomic E-state index is 14.8. The van der Waals surface area contributed by atoms with Crippen molar-refractivity contribution >= 4 is 43.1 Å². The van der Waals surface area contributed by atoms with Gasteiger partial charge >= 0.3 is 0 Å². The maximum Gasteiger partial charge on any atom is 0.135 e. The molecular formula is C34H34FN7S. The number of rotatable bonds is 8. The van der Waals surface area contributed by atoms with E-state index in [0.29, 0.717) is 6.54 Å². The number of aromatic amines is 2. The lowest BCUT2D eigenvalue weighted by Gasteiger charge is -2.14. The Bertz CT molecular complexity index is 2070. The van der Waals surface area contributed by atoms with Crippen LogP contribution in [0.3, 0.4) is 0 Å². The summed E-state index contributed by atoms with van der Waals surface area (Å²) in [5.41, 5.74) is 9.78. The van der Waals surface area contributed by atoms with Crippen LogP contribution in [0.1, 0.15) is 24.0 Å². The largest absolute Gasteiger partial charge is 0.353 e. The Balaban J connectivity index is 1.24. The maximum atomic E-state index is 14.8. The molecule has 2 aromatic carbocycles. The summed E-state index contributed by atoms with van der Waals surface area (Å²) in [5, 5.41) is 8.76. The first-order valence-electron chi connectivity index (χ1n) is 14.4. The lowest BCUT2D eigenvalue weighted by atomic mass is 9.99. The normalized spacial score (nSPS) is 14.3. The molecule has 7 nitrogen and oxygen atoms in total. The van der Waals surface area contributed by atoms with Crippen LogP contribution in [0.15, 0.2) is 73.1 Å². The van der Waals surface area contributed by atoms with Crippen LogP contribution in [0.25, 0.3) is 55.7 Å². The van der Waals surface area contributed by atoms with Crippen LogP contribution in [0, 0.1) is 5.82 Å². The van der Waals surface area contributed by atoms with Gasteiger partial charge in [-0.2, -0.15) is 14.5 Å². The molecule has 1 saturated heterocycles. The molecule has 0 radical (unpaired) electrons. The van der Waals surface area contributed by atoms with Gasteiger partial charge in [-0.25, -0.2) is 9.37 Å². The van der Waals surface area contributed by atoms with Crippen LogP contribution in [-0.4, -0.2) is 61.1 Å². The lowest BCUT2D eigenvalue weighted by Crippen LogP contribution is -2.18. The standard InChI is InChI=1S/C34H34FN7S/c1-43(2,3)37-19-22-13-24(16-26(35)15-22)27-7-6-8-30-28(27)17-32(38-30)34-33-31(40-41-34)10-9-29(39-33)25-14-23(18-36-20-25)21-42-11-4-5-12-42/h6-10,13-18,20,37-38H,1-2,4-5,11-12,19,21H2,3H3,(H,40,41). The van der Waals surface area contributed by atoms with Gasteiger partial charge in [0.1, 0.15) is 17.0 Å². The van der Waals surface area contributed by atoms with E-state index in [2.05, 4.69) is 53.7 Å². The number of nitrogens with one attached hydrogen (secondary N) is 3. The molecule has 6 aromatic rings. The first kappa shape index (κ1) is 27.5. The van der Waals surface area contributed by atoms with Crippen molar-refractivity contribution in [3.63, 3.8) is 0 Å². The van der Waals surface area contributed by atoms with E-state index in [9.17, 15) is 4.39 Å². The highest BCUT2D eigenvalue weighted by molar-refractivity contribution is 8.25. The van der Waals surface area contributed by atoms with E-state index in [1.807, 2.05) is 55.0 Å². The van der Waals surface area contributed by atoms with E-state index in [-0.39, 0.29) is 5.82 Å². The minimum Gasteiger partial charge on any atom is -0.353 e. The number of hydrogen-bond donors (Lipinski definition) is 3. The average Bonchev–Trinajstić information content (AvgIpc) is 3.75. The smallest absolute Gasteiger partial charge is 0.135 e. The van der Waals surface area contributed by atoms with E-state index >= 15 is 0 Å². The highest BCUT2D eigenvalue weighted by Crippen LogP contribution is 2.35. The minimum absolute atomic E-state index is 0.277. The molecule has 3 N–H and O–H groups in total. The Kier molecular flexibility index (Phi) is 7.09. The first-order chi connectivity index (χ1) is 20.8. The molecule has 0 bridgehead atoms. The molecule has 43 heavy (non-hydrogen) atoms. The molecule has 0 atom stereocenters. The van der Waals surface area contributed by atoms with Crippen LogP contribution >= 0.6 is 9.39 Å². The third-order valence-corrected chi connectivity index (χ3v) is 8.76. The van der Waals surface area contributed by atoms with E-state index in [1.165, 1.54) is 18.4 Å². The van der Waals surface area contributed by atoms with Gasteiger partial charge in [-0.1, -0.05) is 23.9 Å². The van der Waals surface area contributed by atoms with Crippen LogP contribution < -0.4 is 4.72 Å². The number of likely N-dealkylation sites (tertiary alicyclic amines) is 1. The summed E-state index contributed by atoms with van der Waals surface area (Å²) in [6.07, 6.45) is 8.31. The third kappa shape index (κ3) is 5.84. The summed E-state index contributed by atoms with van der Waals surface area (Å²) in [6, 6.07) is 19.5. The molecule has 1 aliphatic rings. The molecule has 9 heteroatoms. The fourth-order valence-corrected chi connectivity index (χ4v) is 6.38. The molecule has 0 unspecified atom stereocenters. The predicted octanol–water partition coefficient (Wildman–Crippen LogP) is 6.87. The zero-order valence-corrected chi connectivity index (χ0v) is 25.0. The average molecular weight is 592 g/mol. The van der Waals surface area contributed by atoms with Crippen molar-refractivity contribution < 1.29 is 4.39 Å². The molecule has 0 amide bonds. The van der Waals surface area contributed by atoms with E-state index in [1.54, 1.807) is 12.1 Å². The van der Waals surface area contributed by atoms with Gasteiger partial charge in [-0.3, -0.25) is 19.7 Å². The fourth-order valence-electron chi connectivity index (χ4n) is 5.86. The van der Waals surface area contributed by atoms with Crippen molar-refractivity contribution in [2.75, 3.05) is 19.3 Å². The second-order valence-corrected chi connectivity index (χ2v) is 14.5. The van der Waals surface area contributed by atoms with Crippen LogP contribution in [-0.2, 0) is 13.1 Å². The zero-order chi connectivity index (χ0) is 29.6. The molecule has 0 spiro atoms. The number of halogens is 1. The summed E-state index contributed by atoms with van der Waals surface area (Å²) in [7, 11) is -1.41. The Morgan fingerprint density at radius 3 is 2.63 bits per heavy atom. The number of fused-ring (bicyclic) bond motifs is 2. The number of hydrogen-bond acceptors (Lipinski definition) is 5. The van der Waals surface area contributed by atoms with Crippen molar-refractivity contribution in [1.29, 1.82) is 0 Å². The summed E-state index contributed by atoms with van der Waals surface area (Å²) in [5.74, 6) is 7.86. The summed E-state index contributed by atoms with van der Waals surface area (Å²) >= 11 is 0. The topological polar surface area (TPSA) is 85.5 Å². The second-order valence-electron chi connectivity index (χ2n) is 11.6. The fraction of sp³-hybridized carbons (Fsp3) is 0.206. The van der Waals surface area contributed by atoms with Gasteiger partial charge in [0.05, 0.1) is 16.9 Å². The number of nitrogens with zero attached hydrogens (tertiary/aromatic N) is 4. The summed E-state index contributed by atoms with van der Waals surface area (Å²) in [4.78, 5) is 15.6. The van der Waals surface area contributed by atoms with Crippen molar-refractivity contribution in [1.82, 2.24) is 34.8 Å². The van der Waals surface area contributed by atoms with Gasteiger partial charge in [-0.05, 0) is 103 Å². The van der Waals surface area contributed by atoms with Crippen molar-refractivity contribution in [2.45, 2.75) is 25.9 Å². The van der Waals surface area contributed by atoms with Crippen molar-refractivity contribution in [3.05, 3.63) is 90.0 Å². The van der Waals surface area contributed by atoms with Crippen molar-refractivity contribution in [3.8, 4) is 33.8 Å². The monoisotopic (exact) mass is 591 g/mol. The van der Waals surface area contributed by atoms with Crippen LogP contribution in [0.4, 0.5) is 4.39 Å². The second kappa shape index (κ2) is 11.1. The van der Waals surface area contributed by atoms with Gasteiger partial charge in [0.15, 0.2) is 0 Å². The summed E-state index contributed by atoms with van der Waals surface area (Å²) < 4.78 is 18.1. The number of aromatic nitrogens is 5. The Labute approximate surface area is 250 Å². The van der Waals surface area contributed by atoms with Crippen molar-refractivity contribution in [2.24, 2.45) is 0 Å². The molecule has 0 saturated carbocycles. The Hall–Kier alpha value is -4.31. The molecule has 1 aliphatic heterocycles. The number of pyridine rings is 2. The Morgan fingerprint density at radius 2 is 1.79 bits per heavy atom. The molecule has 218 valence electrons. The molecule has 7 rings (SSSR count).